The first-order valence-corrected chi connectivity index (χ1v) is 9.58. The van der Waals surface area contributed by atoms with Gasteiger partial charge >= 0.3 is 0 Å². The number of fused-ring (bicyclic) bond motifs is 3. The minimum atomic E-state index is 0.276. The molecule has 0 aromatic rings. The van der Waals surface area contributed by atoms with Crippen LogP contribution < -0.4 is 5.32 Å². The number of carbonyl (C=O) groups is 1. The van der Waals surface area contributed by atoms with Gasteiger partial charge in [-0.1, -0.05) is 51.9 Å². The topological polar surface area (TPSA) is 32.3 Å². The Morgan fingerprint density at radius 3 is 2.05 bits per heavy atom. The van der Waals surface area contributed by atoms with Gasteiger partial charge in [-0.2, -0.15) is 0 Å². The summed E-state index contributed by atoms with van der Waals surface area (Å²) in [7, 11) is 0. The Kier molecular flexibility index (Phi) is 7.67. The fourth-order valence-electron chi connectivity index (χ4n) is 3.82. The number of nitrogens with one attached hydrogen (secondary N) is 1. The molecule has 4 heteroatoms. The summed E-state index contributed by atoms with van der Waals surface area (Å²) in [6.07, 6.45) is 10.6. The van der Waals surface area contributed by atoms with E-state index in [-0.39, 0.29) is 5.91 Å². The van der Waals surface area contributed by atoms with Gasteiger partial charge in [0, 0.05) is 26.2 Å². The van der Waals surface area contributed by atoms with Crippen LogP contribution in [0, 0.1) is 0 Å². The number of hydrogen-bond acceptors (Lipinski definition) is 2. The lowest BCUT2D eigenvalue weighted by atomic mass is 10.1. The maximum absolute atomic E-state index is 12.2. The predicted molar refractivity (Wildman–Crippen MR) is 91.8 cm³/mol. The first kappa shape index (κ1) is 17.7. The van der Waals surface area contributed by atoms with Gasteiger partial charge in [0.25, 0.3) is 5.91 Å². The van der Waals surface area contributed by atoms with Gasteiger partial charge in [-0.15, -0.1) is 0 Å². The zero-order chi connectivity index (χ0) is 15.7. The van der Waals surface area contributed by atoms with Crippen molar-refractivity contribution in [2.75, 3.05) is 52.4 Å². The van der Waals surface area contributed by atoms with E-state index in [1.54, 1.807) is 0 Å². The fourth-order valence-corrected chi connectivity index (χ4v) is 3.82. The fraction of sp³-hybridized carbons (Fsp3) is 0.944. The molecule has 2 bridgehead atoms. The Bertz CT molecular complexity index is 311. The van der Waals surface area contributed by atoms with Crippen LogP contribution in [0.3, 0.4) is 0 Å². The second-order valence-corrected chi connectivity index (χ2v) is 7.34. The summed E-state index contributed by atoms with van der Waals surface area (Å²) in [5, 5.41) is 3.15. The molecule has 0 spiro atoms. The molecule has 3 aliphatic heterocycles. The number of amides is 1. The van der Waals surface area contributed by atoms with E-state index >= 15 is 0 Å². The van der Waals surface area contributed by atoms with E-state index in [1.807, 2.05) is 0 Å². The Morgan fingerprint density at radius 2 is 1.45 bits per heavy atom. The molecule has 1 N–H and O–H groups in total. The van der Waals surface area contributed by atoms with E-state index in [2.05, 4.69) is 17.1 Å². The normalized spacial score (nSPS) is 27.0. The van der Waals surface area contributed by atoms with E-state index in [0.717, 1.165) is 17.4 Å². The number of nitrogens with zero attached hydrogens (tertiary/aromatic N) is 2. The molecule has 4 nitrogen and oxygen atoms in total. The Morgan fingerprint density at radius 1 is 0.909 bits per heavy atom. The highest BCUT2D eigenvalue weighted by Crippen LogP contribution is 2.18. The minimum absolute atomic E-state index is 0.276. The van der Waals surface area contributed by atoms with Crippen molar-refractivity contribution in [1.82, 2.24) is 10.2 Å². The van der Waals surface area contributed by atoms with Gasteiger partial charge in [0.1, 0.15) is 0 Å². The molecule has 0 radical (unpaired) electrons. The molecular weight excluding hydrogens is 274 g/mol. The molecular formula is C18H36N3O+. The van der Waals surface area contributed by atoms with Crippen molar-refractivity contribution in [2.45, 2.75) is 58.3 Å². The first-order chi connectivity index (χ1) is 10.7. The van der Waals surface area contributed by atoms with Crippen molar-refractivity contribution in [1.29, 1.82) is 0 Å². The molecule has 0 aliphatic carbocycles. The molecule has 3 aliphatic rings. The van der Waals surface area contributed by atoms with Crippen LogP contribution in [0.5, 0.6) is 0 Å². The third-order valence-electron chi connectivity index (χ3n) is 5.50. The lowest BCUT2D eigenvalue weighted by molar-refractivity contribution is -0.933. The van der Waals surface area contributed by atoms with Crippen molar-refractivity contribution in [2.24, 2.45) is 0 Å². The van der Waals surface area contributed by atoms with Gasteiger partial charge < -0.3 is 9.80 Å². The molecule has 22 heavy (non-hydrogen) atoms. The summed E-state index contributed by atoms with van der Waals surface area (Å²) in [6.45, 7) is 10.9. The van der Waals surface area contributed by atoms with Crippen LogP contribution in [0.2, 0.25) is 0 Å². The quantitative estimate of drug-likeness (QED) is 0.469. The second-order valence-electron chi connectivity index (χ2n) is 7.34. The van der Waals surface area contributed by atoms with Crippen LogP contribution in [0.1, 0.15) is 58.3 Å². The lowest BCUT2D eigenvalue weighted by Crippen LogP contribution is -2.69. The summed E-state index contributed by atoms with van der Waals surface area (Å²) in [4.78, 5) is 14.7. The van der Waals surface area contributed by atoms with Crippen LogP contribution >= 0.6 is 0 Å². The molecule has 0 atom stereocenters. The minimum Gasteiger partial charge on any atom is -0.351 e. The number of quaternary nitrogens is 1. The third kappa shape index (κ3) is 5.88. The SMILES string of the molecule is CCCCCCCCCCNC(=O)C[N+]12CCN(CC1)CC2. The maximum Gasteiger partial charge on any atom is 0.275 e. The van der Waals surface area contributed by atoms with Gasteiger partial charge in [-0.3, -0.25) is 9.69 Å². The summed E-state index contributed by atoms with van der Waals surface area (Å²) in [5.74, 6) is 0.276. The lowest BCUT2D eigenvalue weighted by Gasteiger charge is -2.50. The van der Waals surface area contributed by atoms with E-state index in [9.17, 15) is 4.79 Å². The summed E-state index contributed by atoms with van der Waals surface area (Å²) in [5.41, 5.74) is 0. The van der Waals surface area contributed by atoms with Crippen LogP contribution in [-0.4, -0.2) is 67.6 Å². The van der Waals surface area contributed by atoms with Crippen molar-refractivity contribution in [3.05, 3.63) is 0 Å². The Hall–Kier alpha value is -0.610. The molecule has 3 rings (SSSR count). The number of piperazine rings is 3. The van der Waals surface area contributed by atoms with E-state index in [4.69, 9.17) is 0 Å². The summed E-state index contributed by atoms with van der Waals surface area (Å²) < 4.78 is 1.04. The molecule has 1 amide bonds. The van der Waals surface area contributed by atoms with Gasteiger partial charge in [-0.25, -0.2) is 0 Å². The molecule has 3 heterocycles. The number of unbranched alkanes of at least 4 members (excludes halogenated alkanes) is 7. The second kappa shape index (κ2) is 9.51. The number of hydrogen-bond donors (Lipinski definition) is 1. The Labute approximate surface area is 136 Å². The van der Waals surface area contributed by atoms with Crippen molar-refractivity contribution >= 4 is 5.91 Å². The molecule has 0 aromatic carbocycles. The summed E-state index contributed by atoms with van der Waals surface area (Å²) in [6, 6.07) is 0. The molecule has 128 valence electrons. The smallest absolute Gasteiger partial charge is 0.275 e. The van der Waals surface area contributed by atoms with Crippen LogP contribution in [-0.2, 0) is 4.79 Å². The molecule has 0 aromatic heterocycles. The highest BCUT2D eigenvalue weighted by molar-refractivity contribution is 5.77. The molecule has 3 fully saturated rings. The molecule has 0 saturated carbocycles. The maximum atomic E-state index is 12.2. The van der Waals surface area contributed by atoms with E-state index < -0.39 is 0 Å². The van der Waals surface area contributed by atoms with Gasteiger partial charge in [0.05, 0.1) is 19.6 Å². The van der Waals surface area contributed by atoms with Crippen LogP contribution in [0.15, 0.2) is 0 Å². The zero-order valence-electron chi connectivity index (χ0n) is 14.6. The highest BCUT2D eigenvalue weighted by atomic mass is 16.2. The van der Waals surface area contributed by atoms with Gasteiger partial charge in [-0.05, 0) is 6.42 Å². The standard InChI is InChI=1S/C18H35N3O/c1-2-3-4-5-6-7-8-9-10-19-18(22)17-21-14-11-20(12-15-21)13-16-21/h2-17H2,1H3/p+1. The van der Waals surface area contributed by atoms with E-state index in [1.165, 1.54) is 84.2 Å². The monoisotopic (exact) mass is 310 g/mol. The van der Waals surface area contributed by atoms with Crippen LogP contribution in [0.25, 0.3) is 0 Å². The Balaban J connectivity index is 1.46. The number of rotatable bonds is 11. The molecule has 3 saturated heterocycles. The van der Waals surface area contributed by atoms with Crippen molar-refractivity contribution in [3.63, 3.8) is 0 Å². The molecule has 0 unspecified atom stereocenters. The van der Waals surface area contributed by atoms with Gasteiger partial charge in [0.2, 0.25) is 0 Å². The average Bonchev–Trinajstić information content (AvgIpc) is 2.54. The highest BCUT2D eigenvalue weighted by Gasteiger charge is 2.39. The average molecular weight is 311 g/mol. The summed E-state index contributed by atoms with van der Waals surface area (Å²) >= 11 is 0. The first-order valence-electron chi connectivity index (χ1n) is 9.58. The largest absolute Gasteiger partial charge is 0.351 e. The van der Waals surface area contributed by atoms with Crippen molar-refractivity contribution < 1.29 is 9.28 Å². The third-order valence-corrected chi connectivity index (χ3v) is 5.50. The number of carbonyl (C=O) groups excluding carboxylic acids is 1. The zero-order valence-corrected chi connectivity index (χ0v) is 14.6. The van der Waals surface area contributed by atoms with Crippen molar-refractivity contribution in [3.8, 4) is 0 Å². The van der Waals surface area contributed by atoms with Crippen LogP contribution in [0.4, 0.5) is 0 Å². The predicted octanol–water partition coefficient (Wildman–Crippen LogP) is 2.39. The van der Waals surface area contributed by atoms with Gasteiger partial charge in [0.15, 0.2) is 6.54 Å². The van der Waals surface area contributed by atoms with E-state index in [0.29, 0.717) is 6.54 Å².